The van der Waals surface area contributed by atoms with Crippen molar-refractivity contribution >= 4 is 11.6 Å². The normalized spacial score (nSPS) is 10.2. The van der Waals surface area contributed by atoms with E-state index in [9.17, 15) is 4.79 Å². The maximum atomic E-state index is 11.4. The van der Waals surface area contributed by atoms with Gasteiger partial charge < -0.3 is 5.73 Å². The van der Waals surface area contributed by atoms with E-state index in [2.05, 4.69) is 10.2 Å². The number of ketones is 1. The van der Waals surface area contributed by atoms with Crippen LogP contribution in [0.3, 0.4) is 0 Å². The Hall–Kier alpha value is -2.10. The molecule has 4 nitrogen and oxygen atoms in total. The van der Waals surface area contributed by atoms with Crippen LogP contribution in [0.1, 0.15) is 17.3 Å². The number of Topliss-reactive ketones (excluding diaryl/α,β-unsaturated/α-hetero) is 1. The van der Waals surface area contributed by atoms with Crippen LogP contribution in [0.2, 0.25) is 0 Å². The minimum atomic E-state index is -0.0832. The smallest absolute Gasteiger partial charge is 0.165 e. The molecule has 0 saturated heterocycles. The van der Waals surface area contributed by atoms with E-state index in [0.717, 1.165) is 5.56 Å². The van der Waals surface area contributed by atoms with E-state index < -0.39 is 0 Å². The molecule has 15 heavy (non-hydrogen) atoms. The van der Waals surface area contributed by atoms with E-state index >= 15 is 0 Å². The molecule has 0 aliphatic heterocycles. The van der Waals surface area contributed by atoms with E-state index in [0.29, 0.717) is 11.3 Å². The van der Waals surface area contributed by atoms with Gasteiger partial charge in [-0.1, -0.05) is 30.3 Å². The van der Waals surface area contributed by atoms with Crippen molar-refractivity contribution < 1.29 is 4.79 Å². The first-order chi connectivity index (χ1) is 7.20. The largest absolute Gasteiger partial charge is 0.382 e. The summed E-state index contributed by atoms with van der Waals surface area (Å²) in [5.74, 6) is 0.168. The van der Waals surface area contributed by atoms with Gasteiger partial charge in [-0.25, -0.2) is 0 Å². The molecule has 0 aliphatic carbocycles. The van der Waals surface area contributed by atoms with Gasteiger partial charge in [-0.3, -0.25) is 9.89 Å². The van der Waals surface area contributed by atoms with Gasteiger partial charge in [0.1, 0.15) is 0 Å². The molecule has 0 unspecified atom stereocenters. The Morgan fingerprint density at radius 1 is 1.33 bits per heavy atom. The van der Waals surface area contributed by atoms with E-state index in [-0.39, 0.29) is 11.6 Å². The Bertz CT molecular complexity index is 488. The number of hydrogen-bond acceptors (Lipinski definition) is 3. The molecule has 76 valence electrons. The second-order valence-corrected chi connectivity index (χ2v) is 3.28. The molecule has 3 N–H and O–H groups in total. The molecule has 0 aliphatic rings. The van der Waals surface area contributed by atoms with Crippen molar-refractivity contribution in [3.63, 3.8) is 0 Å². The SMILES string of the molecule is CC(=O)c1c(N)n[nH]c1-c1ccccc1. The summed E-state index contributed by atoms with van der Waals surface area (Å²) < 4.78 is 0. The fourth-order valence-corrected chi connectivity index (χ4v) is 1.53. The zero-order valence-electron chi connectivity index (χ0n) is 8.32. The summed E-state index contributed by atoms with van der Waals surface area (Å²) in [7, 11) is 0. The summed E-state index contributed by atoms with van der Waals surface area (Å²) in [6.07, 6.45) is 0. The third-order valence-corrected chi connectivity index (χ3v) is 2.21. The maximum Gasteiger partial charge on any atom is 0.165 e. The molecular formula is C11H11N3O. The van der Waals surface area contributed by atoms with Crippen molar-refractivity contribution in [2.24, 2.45) is 0 Å². The molecule has 0 saturated carbocycles. The highest BCUT2D eigenvalue weighted by Crippen LogP contribution is 2.24. The van der Waals surface area contributed by atoms with Crippen molar-refractivity contribution in [2.75, 3.05) is 5.73 Å². The van der Waals surface area contributed by atoms with Crippen LogP contribution in [0.25, 0.3) is 11.3 Å². The van der Waals surface area contributed by atoms with Crippen molar-refractivity contribution in [2.45, 2.75) is 6.92 Å². The fourth-order valence-electron chi connectivity index (χ4n) is 1.53. The predicted molar refractivity (Wildman–Crippen MR) is 58.4 cm³/mol. The van der Waals surface area contributed by atoms with E-state index in [4.69, 9.17) is 5.73 Å². The summed E-state index contributed by atoms with van der Waals surface area (Å²) in [4.78, 5) is 11.4. The highest BCUT2D eigenvalue weighted by atomic mass is 16.1. The van der Waals surface area contributed by atoms with Crippen LogP contribution in [-0.2, 0) is 0 Å². The van der Waals surface area contributed by atoms with Gasteiger partial charge in [-0.2, -0.15) is 5.10 Å². The Labute approximate surface area is 87.1 Å². The molecule has 0 spiro atoms. The van der Waals surface area contributed by atoms with Gasteiger partial charge in [0.2, 0.25) is 0 Å². The van der Waals surface area contributed by atoms with Crippen LogP contribution in [0.4, 0.5) is 5.82 Å². The van der Waals surface area contributed by atoms with Gasteiger partial charge in [-0.15, -0.1) is 0 Å². The third-order valence-electron chi connectivity index (χ3n) is 2.21. The number of H-pyrrole nitrogens is 1. The van der Waals surface area contributed by atoms with Crippen molar-refractivity contribution in [1.29, 1.82) is 0 Å². The summed E-state index contributed by atoms with van der Waals surface area (Å²) in [6.45, 7) is 1.48. The Balaban J connectivity index is 2.59. The summed E-state index contributed by atoms with van der Waals surface area (Å²) >= 11 is 0. The Kier molecular flexibility index (Phi) is 2.25. The molecule has 0 amide bonds. The quantitative estimate of drug-likeness (QED) is 0.728. The standard InChI is InChI=1S/C11H11N3O/c1-7(15)9-10(13-14-11(9)12)8-5-3-2-4-6-8/h2-6H,1H3,(H3,12,13,14). The minimum Gasteiger partial charge on any atom is -0.382 e. The molecule has 2 aromatic rings. The van der Waals surface area contributed by atoms with Gasteiger partial charge in [0.15, 0.2) is 11.6 Å². The topological polar surface area (TPSA) is 71.8 Å². The minimum absolute atomic E-state index is 0.0832. The number of carbonyl (C=O) groups is 1. The van der Waals surface area contributed by atoms with E-state index in [1.54, 1.807) is 0 Å². The highest BCUT2D eigenvalue weighted by Gasteiger charge is 2.15. The second kappa shape index (κ2) is 3.57. The Morgan fingerprint density at radius 3 is 2.60 bits per heavy atom. The van der Waals surface area contributed by atoms with Crippen molar-refractivity contribution in [3.05, 3.63) is 35.9 Å². The highest BCUT2D eigenvalue weighted by molar-refractivity contribution is 6.03. The van der Waals surface area contributed by atoms with Crippen LogP contribution in [-0.4, -0.2) is 16.0 Å². The molecule has 0 fully saturated rings. The van der Waals surface area contributed by atoms with Crippen LogP contribution in [0.15, 0.2) is 30.3 Å². The number of carbonyl (C=O) groups excluding carboxylic acids is 1. The van der Waals surface area contributed by atoms with Gasteiger partial charge in [0.05, 0.1) is 11.3 Å². The van der Waals surface area contributed by atoms with Gasteiger partial charge in [0, 0.05) is 5.56 Å². The molecule has 1 aromatic heterocycles. The number of nitrogens with two attached hydrogens (primary N) is 1. The summed E-state index contributed by atoms with van der Waals surface area (Å²) in [6, 6.07) is 9.52. The number of aromatic nitrogens is 2. The third kappa shape index (κ3) is 1.61. The van der Waals surface area contributed by atoms with Crippen LogP contribution in [0.5, 0.6) is 0 Å². The van der Waals surface area contributed by atoms with Gasteiger partial charge >= 0.3 is 0 Å². The Morgan fingerprint density at radius 2 is 2.00 bits per heavy atom. The molecule has 1 heterocycles. The molecule has 0 bridgehead atoms. The number of anilines is 1. The van der Waals surface area contributed by atoms with Crippen LogP contribution in [0, 0.1) is 0 Å². The number of nitrogens with zero attached hydrogens (tertiary/aromatic N) is 1. The number of aromatic amines is 1. The average molecular weight is 201 g/mol. The lowest BCUT2D eigenvalue weighted by Gasteiger charge is -1.99. The van der Waals surface area contributed by atoms with Crippen LogP contribution >= 0.6 is 0 Å². The maximum absolute atomic E-state index is 11.4. The van der Waals surface area contributed by atoms with Gasteiger partial charge in [0.25, 0.3) is 0 Å². The molecule has 4 heteroatoms. The zero-order valence-corrected chi connectivity index (χ0v) is 8.32. The van der Waals surface area contributed by atoms with Crippen molar-refractivity contribution in [3.8, 4) is 11.3 Å². The molecule has 1 aromatic carbocycles. The van der Waals surface area contributed by atoms with Gasteiger partial charge in [-0.05, 0) is 6.92 Å². The number of nitrogens with one attached hydrogen (secondary N) is 1. The second-order valence-electron chi connectivity index (χ2n) is 3.28. The zero-order chi connectivity index (χ0) is 10.8. The first kappa shape index (κ1) is 9.45. The van der Waals surface area contributed by atoms with E-state index in [1.165, 1.54) is 6.92 Å². The lowest BCUT2D eigenvalue weighted by atomic mass is 10.1. The summed E-state index contributed by atoms with van der Waals surface area (Å²) in [5, 5.41) is 6.62. The first-order valence-corrected chi connectivity index (χ1v) is 4.60. The molecule has 0 radical (unpaired) electrons. The van der Waals surface area contributed by atoms with Crippen molar-refractivity contribution in [1.82, 2.24) is 10.2 Å². The van der Waals surface area contributed by atoms with Crippen LogP contribution < -0.4 is 5.73 Å². The number of nitrogen functional groups attached to an aromatic ring is 1. The first-order valence-electron chi connectivity index (χ1n) is 4.60. The predicted octanol–water partition coefficient (Wildman–Crippen LogP) is 1.86. The molecule has 0 atom stereocenters. The van der Waals surface area contributed by atoms with E-state index in [1.807, 2.05) is 30.3 Å². The average Bonchev–Trinajstić information content (AvgIpc) is 2.61. The number of rotatable bonds is 2. The fraction of sp³-hybridized carbons (Fsp3) is 0.0909. The number of hydrogen-bond donors (Lipinski definition) is 2. The lowest BCUT2D eigenvalue weighted by Crippen LogP contribution is -1.98. The monoisotopic (exact) mass is 201 g/mol. The summed E-state index contributed by atoms with van der Waals surface area (Å²) in [5.41, 5.74) is 7.67. The molecule has 2 rings (SSSR count). The molecular weight excluding hydrogens is 190 g/mol. The number of benzene rings is 1. The lowest BCUT2D eigenvalue weighted by molar-refractivity contribution is 0.101.